The highest BCUT2D eigenvalue weighted by atomic mass is 32.2. The van der Waals surface area contributed by atoms with Crippen LogP contribution >= 0.6 is 0 Å². The minimum Gasteiger partial charge on any atom is -0.279 e. The molecule has 7 heteroatoms. The predicted octanol–water partition coefficient (Wildman–Crippen LogP) is 3.67. The van der Waals surface area contributed by atoms with Gasteiger partial charge in [0.05, 0.1) is 22.0 Å². The summed E-state index contributed by atoms with van der Waals surface area (Å²) in [5.41, 5.74) is 4.05. The van der Waals surface area contributed by atoms with Crippen LogP contribution in [0.1, 0.15) is 48.6 Å². The Morgan fingerprint density at radius 3 is 2.52 bits per heavy atom. The van der Waals surface area contributed by atoms with Crippen LogP contribution in [-0.2, 0) is 22.8 Å². The molecule has 0 aliphatic carbocycles. The van der Waals surface area contributed by atoms with Crippen molar-refractivity contribution < 1.29 is 8.42 Å². The van der Waals surface area contributed by atoms with Gasteiger partial charge in [-0.05, 0) is 31.0 Å². The van der Waals surface area contributed by atoms with Gasteiger partial charge in [0.15, 0.2) is 15.7 Å². The van der Waals surface area contributed by atoms with Gasteiger partial charge in [-0.1, -0.05) is 44.2 Å². The molecule has 4 rings (SSSR count). The molecule has 0 radical (unpaired) electrons. The predicted molar refractivity (Wildman–Crippen MR) is 114 cm³/mol. The SMILES string of the molecule is CCCS(=O)(=O)c1cc(C)cc2c1-n1c(CC)nnc1CN=C2c1ccccc1. The second kappa shape index (κ2) is 7.55. The zero-order chi connectivity index (χ0) is 20.6. The summed E-state index contributed by atoms with van der Waals surface area (Å²) in [6.07, 6.45) is 1.20. The van der Waals surface area contributed by atoms with E-state index in [1.165, 1.54) is 0 Å². The molecule has 0 atom stereocenters. The number of fused-ring (bicyclic) bond motifs is 3. The molecule has 0 spiro atoms. The van der Waals surface area contributed by atoms with E-state index in [4.69, 9.17) is 4.99 Å². The van der Waals surface area contributed by atoms with Gasteiger partial charge in [-0.3, -0.25) is 9.56 Å². The quantitative estimate of drug-likeness (QED) is 0.645. The maximum atomic E-state index is 13.2. The van der Waals surface area contributed by atoms with Crippen molar-refractivity contribution in [1.29, 1.82) is 0 Å². The second-order valence-corrected chi connectivity index (χ2v) is 9.31. The third-order valence-electron chi connectivity index (χ3n) is 5.05. The minimum atomic E-state index is -3.47. The van der Waals surface area contributed by atoms with Crippen LogP contribution < -0.4 is 0 Å². The fraction of sp³-hybridized carbons (Fsp3) is 0.318. The molecule has 6 nitrogen and oxygen atoms in total. The summed E-state index contributed by atoms with van der Waals surface area (Å²) in [7, 11) is -3.47. The Labute approximate surface area is 171 Å². The van der Waals surface area contributed by atoms with Crippen LogP contribution in [0, 0.1) is 6.92 Å². The summed E-state index contributed by atoms with van der Waals surface area (Å²) in [6, 6.07) is 13.7. The lowest BCUT2D eigenvalue weighted by molar-refractivity contribution is 0.593. The first kappa shape index (κ1) is 19.5. The lowest BCUT2D eigenvalue weighted by Gasteiger charge is -2.19. The van der Waals surface area contributed by atoms with Crippen molar-refractivity contribution in [3.63, 3.8) is 0 Å². The lowest BCUT2D eigenvalue weighted by Crippen LogP contribution is -2.17. The van der Waals surface area contributed by atoms with E-state index in [2.05, 4.69) is 10.2 Å². The van der Waals surface area contributed by atoms with Gasteiger partial charge >= 0.3 is 0 Å². The summed E-state index contributed by atoms with van der Waals surface area (Å²) in [4.78, 5) is 5.16. The van der Waals surface area contributed by atoms with Crippen molar-refractivity contribution in [3.8, 4) is 5.69 Å². The number of hydrogen-bond donors (Lipinski definition) is 0. The van der Waals surface area contributed by atoms with Gasteiger partial charge in [-0.25, -0.2) is 8.42 Å². The Morgan fingerprint density at radius 1 is 1.07 bits per heavy atom. The molecule has 0 saturated carbocycles. The number of hydrogen-bond acceptors (Lipinski definition) is 5. The van der Waals surface area contributed by atoms with E-state index in [9.17, 15) is 8.42 Å². The normalized spacial score (nSPS) is 13.4. The van der Waals surface area contributed by atoms with Crippen LogP contribution in [0.3, 0.4) is 0 Å². The van der Waals surface area contributed by atoms with E-state index in [1.807, 2.05) is 61.7 Å². The average molecular weight is 409 g/mol. The van der Waals surface area contributed by atoms with Gasteiger partial charge in [0, 0.05) is 17.5 Å². The largest absolute Gasteiger partial charge is 0.279 e. The van der Waals surface area contributed by atoms with Crippen LogP contribution in [0.25, 0.3) is 5.69 Å². The van der Waals surface area contributed by atoms with Crippen LogP contribution in [0.5, 0.6) is 0 Å². The van der Waals surface area contributed by atoms with Crippen molar-refractivity contribution in [2.75, 3.05) is 5.75 Å². The molecule has 0 unspecified atom stereocenters. The van der Waals surface area contributed by atoms with E-state index in [-0.39, 0.29) is 5.75 Å². The topological polar surface area (TPSA) is 77.2 Å². The standard InChI is InChI=1S/C22H24N4O2S/c1-4-11-29(27,28)18-13-15(3)12-17-21(16-9-7-6-8-10-16)23-14-20-25-24-19(5-2)26(20)22(17)18/h6-10,12-13H,4-5,11,14H2,1-3H3. The zero-order valence-electron chi connectivity index (χ0n) is 16.9. The fourth-order valence-corrected chi connectivity index (χ4v) is 5.41. The fourth-order valence-electron chi connectivity index (χ4n) is 3.79. The summed E-state index contributed by atoms with van der Waals surface area (Å²) in [5, 5.41) is 8.61. The van der Waals surface area contributed by atoms with Crippen molar-refractivity contribution in [1.82, 2.24) is 14.8 Å². The molecule has 0 fully saturated rings. The monoisotopic (exact) mass is 408 g/mol. The number of aryl methyl sites for hydroxylation is 2. The molecule has 150 valence electrons. The van der Waals surface area contributed by atoms with E-state index >= 15 is 0 Å². The van der Waals surface area contributed by atoms with E-state index in [0.29, 0.717) is 35.8 Å². The zero-order valence-corrected chi connectivity index (χ0v) is 17.7. The highest BCUT2D eigenvalue weighted by molar-refractivity contribution is 7.91. The highest BCUT2D eigenvalue weighted by Gasteiger charge is 2.29. The number of benzene rings is 2. The lowest BCUT2D eigenvalue weighted by atomic mass is 9.98. The van der Waals surface area contributed by atoms with Crippen LogP contribution in [0.4, 0.5) is 0 Å². The molecule has 0 N–H and O–H groups in total. The molecular formula is C22H24N4O2S. The minimum absolute atomic E-state index is 0.0968. The molecule has 2 heterocycles. The number of rotatable bonds is 5. The first-order valence-electron chi connectivity index (χ1n) is 9.87. The van der Waals surface area contributed by atoms with Gasteiger partial charge in [0.2, 0.25) is 0 Å². The summed E-state index contributed by atoms with van der Waals surface area (Å²) in [6.45, 7) is 6.14. The Hall–Kier alpha value is -2.80. The van der Waals surface area contributed by atoms with Gasteiger partial charge in [-0.2, -0.15) is 0 Å². The van der Waals surface area contributed by atoms with Crippen LogP contribution in [0.2, 0.25) is 0 Å². The van der Waals surface area contributed by atoms with Gasteiger partial charge in [0.25, 0.3) is 0 Å². The Balaban J connectivity index is 2.11. The molecule has 1 aliphatic heterocycles. The molecule has 0 saturated heterocycles. The average Bonchev–Trinajstić information content (AvgIpc) is 3.04. The van der Waals surface area contributed by atoms with E-state index < -0.39 is 9.84 Å². The molecule has 1 aliphatic rings. The highest BCUT2D eigenvalue weighted by Crippen LogP contribution is 2.33. The molecular weight excluding hydrogens is 384 g/mol. The molecule has 0 bridgehead atoms. The first-order valence-corrected chi connectivity index (χ1v) is 11.5. The maximum absolute atomic E-state index is 13.2. The third-order valence-corrected chi connectivity index (χ3v) is 6.97. The van der Waals surface area contributed by atoms with Gasteiger partial charge in [0.1, 0.15) is 12.4 Å². The number of nitrogens with zero attached hydrogens (tertiary/aromatic N) is 4. The van der Waals surface area contributed by atoms with Crippen LogP contribution in [-0.4, -0.2) is 34.6 Å². The Kier molecular flexibility index (Phi) is 5.08. The molecule has 29 heavy (non-hydrogen) atoms. The number of sulfone groups is 1. The van der Waals surface area contributed by atoms with E-state index in [0.717, 1.165) is 28.2 Å². The van der Waals surface area contributed by atoms with Gasteiger partial charge < -0.3 is 0 Å². The molecule has 0 amide bonds. The van der Waals surface area contributed by atoms with Crippen molar-refractivity contribution in [2.24, 2.45) is 4.99 Å². The molecule has 1 aromatic heterocycles. The molecule has 2 aromatic carbocycles. The van der Waals surface area contributed by atoms with Crippen molar-refractivity contribution in [2.45, 2.75) is 45.1 Å². The molecule has 3 aromatic rings. The Bertz CT molecular complexity index is 1200. The maximum Gasteiger partial charge on any atom is 0.180 e. The summed E-state index contributed by atoms with van der Waals surface area (Å²) in [5.74, 6) is 1.49. The number of aromatic nitrogens is 3. The Morgan fingerprint density at radius 2 is 1.83 bits per heavy atom. The van der Waals surface area contributed by atoms with Gasteiger partial charge in [-0.15, -0.1) is 10.2 Å². The summed E-state index contributed by atoms with van der Waals surface area (Å²) >= 11 is 0. The van der Waals surface area contributed by atoms with Crippen molar-refractivity contribution in [3.05, 3.63) is 70.8 Å². The second-order valence-electron chi connectivity index (χ2n) is 7.23. The first-order chi connectivity index (χ1) is 14.0. The third kappa shape index (κ3) is 3.40. The summed E-state index contributed by atoms with van der Waals surface area (Å²) < 4.78 is 28.4. The van der Waals surface area contributed by atoms with E-state index in [1.54, 1.807) is 6.07 Å². The number of aliphatic imine (C=N–C) groups is 1. The smallest absolute Gasteiger partial charge is 0.180 e. The van der Waals surface area contributed by atoms with Crippen molar-refractivity contribution >= 4 is 15.5 Å². The van der Waals surface area contributed by atoms with Crippen LogP contribution in [0.15, 0.2) is 52.4 Å².